The van der Waals surface area contributed by atoms with Crippen LogP contribution >= 0.6 is 0 Å². The first-order valence-electron chi connectivity index (χ1n) is 3.38. The number of epoxide rings is 1. The maximum absolute atomic E-state index is 8.43. The van der Waals surface area contributed by atoms with E-state index in [1.807, 2.05) is 24.3 Å². The van der Waals surface area contributed by atoms with Crippen LogP contribution < -0.4 is 0 Å². The van der Waals surface area contributed by atoms with E-state index in [0.29, 0.717) is 0 Å². The molecule has 1 aliphatic rings. The Morgan fingerprint density at radius 2 is 2.45 bits per heavy atom. The van der Waals surface area contributed by atoms with Gasteiger partial charge in [0.2, 0.25) is 0 Å². The molecule has 0 saturated carbocycles. The maximum Gasteiger partial charge on any atom is 0.176 e. The Hall–Kier alpha value is -1.40. The first kappa shape index (κ1) is 6.32. The molecule has 2 heterocycles. The van der Waals surface area contributed by atoms with Crippen molar-refractivity contribution >= 4 is 0 Å². The fourth-order valence-corrected chi connectivity index (χ4v) is 0.980. The molecule has 0 amide bonds. The van der Waals surface area contributed by atoms with Gasteiger partial charge in [-0.1, -0.05) is 6.07 Å². The summed E-state index contributed by atoms with van der Waals surface area (Å²) >= 11 is 0. The molecule has 3 heteroatoms. The average molecular weight is 146 g/mol. The van der Waals surface area contributed by atoms with Crippen LogP contribution in [0.5, 0.6) is 0 Å². The lowest BCUT2D eigenvalue weighted by Crippen LogP contribution is -1.87. The summed E-state index contributed by atoms with van der Waals surface area (Å²) in [5.41, 5.74) is 0.846. The highest BCUT2D eigenvalue weighted by Crippen LogP contribution is 2.36. The molecule has 1 aliphatic heterocycles. The number of pyridine rings is 1. The number of hydrogen-bond acceptors (Lipinski definition) is 3. The van der Waals surface area contributed by atoms with Crippen molar-refractivity contribution in [2.45, 2.75) is 12.2 Å². The summed E-state index contributed by atoms with van der Waals surface area (Å²) in [4.78, 5) is 4.06. The minimum Gasteiger partial charge on any atom is -0.347 e. The van der Waals surface area contributed by atoms with Crippen LogP contribution in [0.2, 0.25) is 0 Å². The molecule has 0 aliphatic carbocycles. The highest BCUT2D eigenvalue weighted by Gasteiger charge is 2.41. The minimum absolute atomic E-state index is 0.0822. The molecule has 1 aromatic heterocycles. The second kappa shape index (κ2) is 2.33. The summed E-state index contributed by atoms with van der Waals surface area (Å²) in [6.07, 6.45) is 1.34. The summed E-state index contributed by atoms with van der Waals surface area (Å²) < 4.78 is 5.03. The van der Waals surface area contributed by atoms with Crippen LogP contribution in [0.4, 0.5) is 0 Å². The van der Waals surface area contributed by atoms with Gasteiger partial charge in [0.05, 0.1) is 11.8 Å². The molecule has 0 bridgehead atoms. The van der Waals surface area contributed by atoms with E-state index in [-0.39, 0.29) is 12.2 Å². The van der Waals surface area contributed by atoms with Gasteiger partial charge in [0.1, 0.15) is 6.10 Å². The van der Waals surface area contributed by atoms with Gasteiger partial charge >= 0.3 is 0 Å². The summed E-state index contributed by atoms with van der Waals surface area (Å²) in [5.74, 6) is 0. The molecular formula is C8H6N2O. The van der Waals surface area contributed by atoms with E-state index in [2.05, 4.69) is 4.98 Å². The molecule has 0 unspecified atom stereocenters. The first-order chi connectivity index (χ1) is 5.42. The third-order valence-corrected chi connectivity index (χ3v) is 1.60. The van der Waals surface area contributed by atoms with Crippen LogP contribution in [0, 0.1) is 11.3 Å². The number of aromatic nitrogens is 1. The second-order valence-corrected chi connectivity index (χ2v) is 2.36. The summed E-state index contributed by atoms with van der Waals surface area (Å²) in [5, 5.41) is 8.43. The SMILES string of the molecule is N#C[C@@H]1O[C@H]1c1ccccn1. The molecule has 0 spiro atoms. The third-order valence-electron chi connectivity index (χ3n) is 1.60. The molecular weight excluding hydrogens is 140 g/mol. The zero-order valence-electron chi connectivity index (χ0n) is 5.77. The zero-order chi connectivity index (χ0) is 7.68. The fraction of sp³-hybridized carbons (Fsp3) is 0.250. The van der Waals surface area contributed by atoms with Gasteiger partial charge in [0, 0.05) is 6.20 Å². The van der Waals surface area contributed by atoms with E-state index in [9.17, 15) is 0 Å². The van der Waals surface area contributed by atoms with Crippen molar-refractivity contribution in [2.24, 2.45) is 0 Å². The second-order valence-electron chi connectivity index (χ2n) is 2.36. The van der Waals surface area contributed by atoms with Crippen molar-refractivity contribution in [2.75, 3.05) is 0 Å². The number of nitriles is 1. The molecule has 54 valence electrons. The van der Waals surface area contributed by atoms with Gasteiger partial charge in [-0.25, -0.2) is 0 Å². The van der Waals surface area contributed by atoms with Crippen LogP contribution in [0.3, 0.4) is 0 Å². The van der Waals surface area contributed by atoms with Crippen molar-refractivity contribution in [3.8, 4) is 6.07 Å². The number of hydrogen-bond donors (Lipinski definition) is 0. The van der Waals surface area contributed by atoms with E-state index in [1.54, 1.807) is 6.20 Å². The Kier molecular flexibility index (Phi) is 1.34. The molecule has 0 radical (unpaired) electrons. The topological polar surface area (TPSA) is 49.2 Å². The molecule has 3 nitrogen and oxygen atoms in total. The molecule has 11 heavy (non-hydrogen) atoms. The standard InChI is InChI=1S/C8H6N2O/c9-5-7-8(11-7)6-3-1-2-4-10-6/h1-4,7-8H/t7-,8-/m0/s1. The molecule has 0 N–H and O–H groups in total. The Balaban J connectivity index is 2.16. The van der Waals surface area contributed by atoms with Crippen molar-refractivity contribution in [1.29, 1.82) is 5.26 Å². The van der Waals surface area contributed by atoms with E-state index in [1.165, 1.54) is 0 Å². The lowest BCUT2D eigenvalue weighted by molar-refractivity contribution is 0.393. The molecule has 2 atom stereocenters. The van der Waals surface area contributed by atoms with Crippen LogP contribution in [-0.2, 0) is 4.74 Å². The van der Waals surface area contributed by atoms with Crippen LogP contribution in [0.25, 0.3) is 0 Å². The predicted octanol–water partition coefficient (Wildman–Crippen LogP) is 1.05. The number of ether oxygens (including phenoxy) is 1. The minimum atomic E-state index is -0.273. The molecule has 0 aromatic carbocycles. The van der Waals surface area contributed by atoms with E-state index >= 15 is 0 Å². The molecule has 1 aromatic rings. The van der Waals surface area contributed by atoms with E-state index in [4.69, 9.17) is 10.00 Å². The Morgan fingerprint density at radius 1 is 1.55 bits per heavy atom. The van der Waals surface area contributed by atoms with Crippen molar-refractivity contribution in [1.82, 2.24) is 4.98 Å². The van der Waals surface area contributed by atoms with E-state index in [0.717, 1.165) is 5.69 Å². The highest BCUT2D eigenvalue weighted by atomic mass is 16.6. The first-order valence-corrected chi connectivity index (χ1v) is 3.38. The largest absolute Gasteiger partial charge is 0.347 e. The van der Waals surface area contributed by atoms with Gasteiger partial charge in [-0.2, -0.15) is 5.26 Å². The number of nitrogens with zero attached hydrogens (tertiary/aromatic N) is 2. The lowest BCUT2D eigenvalue weighted by atomic mass is 10.2. The quantitative estimate of drug-likeness (QED) is 0.556. The van der Waals surface area contributed by atoms with Crippen LogP contribution in [-0.4, -0.2) is 11.1 Å². The Labute approximate surface area is 64.2 Å². The van der Waals surface area contributed by atoms with Crippen LogP contribution in [0.1, 0.15) is 11.8 Å². The number of rotatable bonds is 1. The van der Waals surface area contributed by atoms with Gasteiger partial charge in [-0.05, 0) is 12.1 Å². The molecule has 2 rings (SSSR count). The summed E-state index contributed by atoms with van der Waals surface area (Å²) in [6.45, 7) is 0. The third kappa shape index (κ3) is 1.08. The predicted molar refractivity (Wildman–Crippen MR) is 37.5 cm³/mol. The summed E-state index contributed by atoms with van der Waals surface area (Å²) in [6, 6.07) is 7.62. The fourth-order valence-electron chi connectivity index (χ4n) is 0.980. The van der Waals surface area contributed by atoms with Crippen molar-refractivity contribution < 1.29 is 4.74 Å². The Bertz CT molecular complexity index is 291. The monoisotopic (exact) mass is 146 g/mol. The maximum atomic E-state index is 8.43. The van der Waals surface area contributed by atoms with Gasteiger partial charge < -0.3 is 4.74 Å². The molecule has 1 saturated heterocycles. The van der Waals surface area contributed by atoms with Crippen molar-refractivity contribution in [3.05, 3.63) is 30.1 Å². The van der Waals surface area contributed by atoms with Gasteiger partial charge in [-0.3, -0.25) is 4.98 Å². The lowest BCUT2D eigenvalue weighted by Gasteiger charge is -1.89. The molecule has 1 fully saturated rings. The van der Waals surface area contributed by atoms with Gasteiger partial charge in [-0.15, -0.1) is 0 Å². The summed E-state index contributed by atoms with van der Waals surface area (Å²) in [7, 11) is 0. The van der Waals surface area contributed by atoms with Crippen molar-refractivity contribution in [3.63, 3.8) is 0 Å². The van der Waals surface area contributed by atoms with Crippen LogP contribution in [0.15, 0.2) is 24.4 Å². The van der Waals surface area contributed by atoms with Gasteiger partial charge in [0.15, 0.2) is 6.10 Å². The van der Waals surface area contributed by atoms with E-state index < -0.39 is 0 Å². The zero-order valence-corrected chi connectivity index (χ0v) is 5.77. The highest BCUT2D eigenvalue weighted by molar-refractivity contribution is 5.18. The van der Waals surface area contributed by atoms with Gasteiger partial charge in [0.25, 0.3) is 0 Å². The average Bonchev–Trinajstić information content (AvgIpc) is 2.85. The Morgan fingerprint density at radius 3 is 3.00 bits per heavy atom. The normalized spacial score (nSPS) is 27.5. The smallest absolute Gasteiger partial charge is 0.176 e.